The molecule has 0 aliphatic carbocycles. The number of rotatable bonds is 4. The van der Waals surface area contributed by atoms with Crippen LogP contribution in [0.25, 0.3) is 5.82 Å². The summed E-state index contributed by atoms with van der Waals surface area (Å²) in [6.45, 7) is 4.00. The van der Waals surface area contributed by atoms with E-state index in [2.05, 4.69) is 36.9 Å². The summed E-state index contributed by atoms with van der Waals surface area (Å²) in [4.78, 5) is 17.5. The Morgan fingerprint density at radius 3 is 2.50 bits per heavy atom. The summed E-state index contributed by atoms with van der Waals surface area (Å²) in [5, 5.41) is 0.756. The number of aliphatic imine (C=N–C) groups is 1. The van der Waals surface area contributed by atoms with Gasteiger partial charge in [0, 0.05) is 55.5 Å². The zero-order valence-electron chi connectivity index (χ0n) is 15.4. The maximum absolute atomic E-state index is 6.21. The van der Waals surface area contributed by atoms with Crippen LogP contribution in [0.5, 0.6) is 0 Å². The third kappa shape index (κ3) is 4.26. The van der Waals surface area contributed by atoms with E-state index >= 15 is 0 Å². The molecule has 1 aliphatic heterocycles. The average Bonchev–Trinajstić information content (AvgIpc) is 3.28. The molecule has 2 aromatic heterocycles. The molecule has 1 fully saturated rings. The quantitative estimate of drug-likeness (QED) is 0.542. The minimum absolute atomic E-state index is 0.514. The summed E-state index contributed by atoms with van der Waals surface area (Å²) in [6, 6.07) is 11.9. The minimum atomic E-state index is 0.514. The van der Waals surface area contributed by atoms with Gasteiger partial charge in [0.05, 0.1) is 6.54 Å². The highest BCUT2D eigenvalue weighted by Gasteiger charge is 2.18. The van der Waals surface area contributed by atoms with Crippen LogP contribution in [0.15, 0.2) is 66.3 Å². The van der Waals surface area contributed by atoms with E-state index in [0.29, 0.717) is 12.5 Å². The van der Waals surface area contributed by atoms with Gasteiger partial charge in [-0.25, -0.2) is 15.0 Å². The van der Waals surface area contributed by atoms with Crippen LogP contribution in [0.1, 0.15) is 5.56 Å². The second-order valence-electron chi connectivity index (χ2n) is 6.62. The molecule has 144 valence electrons. The lowest BCUT2D eigenvalue weighted by Crippen LogP contribution is -2.51. The summed E-state index contributed by atoms with van der Waals surface area (Å²) >= 11 is 5.97. The number of hydrogen-bond donors (Lipinski definition) is 1. The van der Waals surface area contributed by atoms with Crippen molar-refractivity contribution in [2.75, 3.05) is 31.1 Å². The third-order valence-electron chi connectivity index (χ3n) is 4.80. The topological polar surface area (TPSA) is 75.6 Å². The van der Waals surface area contributed by atoms with Crippen LogP contribution in [0, 0.1) is 0 Å². The van der Waals surface area contributed by atoms with Crippen molar-refractivity contribution < 1.29 is 0 Å². The smallest absolute Gasteiger partial charge is 0.191 e. The minimum Gasteiger partial charge on any atom is -0.370 e. The van der Waals surface area contributed by atoms with Gasteiger partial charge in [-0.15, -0.1) is 0 Å². The number of benzene rings is 1. The van der Waals surface area contributed by atoms with E-state index in [9.17, 15) is 0 Å². The van der Waals surface area contributed by atoms with E-state index in [0.717, 1.165) is 42.6 Å². The molecular formula is C20H22ClN7. The van der Waals surface area contributed by atoms with Crippen molar-refractivity contribution in [1.29, 1.82) is 0 Å². The van der Waals surface area contributed by atoms with Crippen molar-refractivity contribution >= 4 is 23.2 Å². The Hall–Kier alpha value is -3.06. The van der Waals surface area contributed by atoms with E-state index < -0.39 is 0 Å². The SMILES string of the molecule is NC(=NCc1ccc(-n2ccnc2)nc1)N1CCN(c2ccc(Cl)cc2)CC1. The molecule has 7 nitrogen and oxygen atoms in total. The third-order valence-corrected chi connectivity index (χ3v) is 5.05. The summed E-state index contributed by atoms with van der Waals surface area (Å²) < 4.78 is 1.86. The van der Waals surface area contributed by atoms with Crippen LogP contribution in [0.4, 0.5) is 5.69 Å². The lowest BCUT2D eigenvalue weighted by atomic mass is 10.2. The van der Waals surface area contributed by atoms with E-state index in [1.807, 2.05) is 41.2 Å². The first-order chi connectivity index (χ1) is 13.7. The number of halogens is 1. The Labute approximate surface area is 169 Å². The Morgan fingerprint density at radius 2 is 1.86 bits per heavy atom. The Balaban J connectivity index is 1.31. The second-order valence-corrected chi connectivity index (χ2v) is 7.06. The van der Waals surface area contributed by atoms with Crippen molar-refractivity contribution in [3.05, 3.63) is 71.9 Å². The van der Waals surface area contributed by atoms with E-state index in [-0.39, 0.29) is 0 Å². The van der Waals surface area contributed by atoms with Gasteiger partial charge in [-0.1, -0.05) is 17.7 Å². The lowest BCUT2D eigenvalue weighted by Gasteiger charge is -2.36. The van der Waals surface area contributed by atoms with Crippen molar-refractivity contribution in [2.45, 2.75) is 6.54 Å². The predicted molar refractivity (Wildman–Crippen MR) is 112 cm³/mol. The number of piperazine rings is 1. The fourth-order valence-corrected chi connectivity index (χ4v) is 3.30. The van der Waals surface area contributed by atoms with Crippen LogP contribution in [-0.4, -0.2) is 51.6 Å². The molecule has 1 aliphatic rings. The van der Waals surface area contributed by atoms with Crippen LogP contribution in [0.2, 0.25) is 5.02 Å². The molecule has 4 rings (SSSR count). The highest BCUT2D eigenvalue weighted by molar-refractivity contribution is 6.30. The Kier molecular flexibility index (Phi) is 5.43. The molecule has 1 saturated heterocycles. The van der Waals surface area contributed by atoms with Gasteiger partial charge in [-0.2, -0.15) is 0 Å². The standard InChI is InChI=1S/C20H22ClN7/c21-17-2-4-18(5-3-17)26-9-11-27(12-10-26)20(22)25-14-16-1-6-19(24-13-16)28-8-7-23-15-28/h1-8,13,15H,9-12,14H2,(H2,22,25). The molecule has 0 radical (unpaired) electrons. The van der Waals surface area contributed by atoms with Gasteiger partial charge in [0.2, 0.25) is 0 Å². The fourth-order valence-electron chi connectivity index (χ4n) is 3.18. The number of nitrogens with zero attached hydrogens (tertiary/aromatic N) is 6. The number of hydrogen-bond acceptors (Lipinski definition) is 4. The number of aromatic nitrogens is 3. The Morgan fingerprint density at radius 1 is 1.07 bits per heavy atom. The molecule has 1 aromatic carbocycles. The molecule has 0 amide bonds. The summed E-state index contributed by atoms with van der Waals surface area (Å²) in [5.41, 5.74) is 8.42. The van der Waals surface area contributed by atoms with Crippen LogP contribution in [-0.2, 0) is 6.54 Å². The highest BCUT2D eigenvalue weighted by Crippen LogP contribution is 2.19. The Bertz CT molecular complexity index is 912. The maximum atomic E-state index is 6.21. The molecule has 8 heteroatoms. The number of imidazole rings is 1. The molecule has 0 unspecified atom stereocenters. The first-order valence-corrected chi connectivity index (χ1v) is 9.55. The van der Waals surface area contributed by atoms with E-state index in [4.69, 9.17) is 17.3 Å². The van der Waals surface area contributed by atoms with Crippen molar-refractivity contribution in [2.24, 2.45) is 10.7 Å². The molecular weight excluding hydrogens is 374 g/mol. The summed E-state index contributed by atoms with van der Waals surface area (Å²) in [7, 11) is 0. The summed E-state index contributed by atoms with van der Waals surface area (Å²) in [5.74, 6) is 1.41. The van der Waals surface area contributed by atoms with Gasteiger partial charge in [0.15, 0.2) is 5.96 Å². The largest absolute Gasteiger partial charge is 0.370 e. The van der Waals surface area contributed by atoms with Crippen LogP contribution >= 0.6 is 11.6 Å². The molecule has 0 bridgehead atoms. The van der Waals surface area contributed by atoms with Gasteiger partial charge in [-0.3, -0.25) is 4.57 Å². The molecule has 28 heavy (non-hydrogen) atoms. The first kappa shape index (κ1) is 18.3. The van der Waals surface area contributed by atoms with Gasteiger partial charge < -0.3 is 15.5 Å². The van der Waals surface area contributed by atoms with Gasteiger partial charge >= 0.3 is 0 Å². The first-order valence-electron chi connectivity index (χ1n) is 9.18. The average molecular weight is 396 g/mol. The molecule has 2 N–H and O–H groups in total. The molecule has 0 saturated carbocycles. The van der Waals surface area contributed by atoms with Crippen molar-refractivity contribution in [1.82, 2.24) is 19.4 Å². The lowest BCUT2D eigenvalue weighted by molar-refractivity contribution is 0.380. The normalized spacial score (nSPS) is 15.1. The monoisotopic (exact) mass is 395 g/mol. The number of pyridine rings is 1. The number of anilines is 1. The maximum Gasteiger partial charge on any atom is 0.191 e. The van der Waals surface area contributed by atoms with Crippen molar-refractivity contribution in [3.63, 3.8) is 0 Å². The summed E-state index contributed by atoms with van der Waals surface area (Å²) in [6.07, 6.45) is 7.14. The van der Waals surface area contributed by atoms with Crippen LogP contribution < -0.4 is 10.6 Å². The molecule has 3 heterocycles. The number of guanidine groups is 1. The molecule has 3 aromatic rings. The zero-order valence-corrected chi connectivity index (χ0v) is 16.2. The van der Waals surface area contributed by atoms with Crippen LogP contribution in [0.3, 0.4) is 0 Å². The molecule has 0 atom stereocenters. The second kappa shape index (κ2) is 8.31. The fraction of sp³-hybridized carbons (Fsp3) is 0.250. The zero-order chi connectivity index (χ0) is 19.3. The van der Waals surface area contributed by atoms with E-state index in [1.165, 1.54) is 5.69 Å². The molecule has 0 spiro atoms. The highest BCUT2D eigenvalue weighted by atomic mass is 35.5. The predicted octanol–water partition coefficient (Wildman–Crippen LogP) is 2.56. The number of nitrogens with two attached hydrogens (primary N) is 1. The van der Waals surface area contributed by atoms with Gasteiger partial charge in [0.25, 0.3) is 0 Å². The van der Waals surface area contributed by atoms with Crippen molar-refractivity contribution in [3.8, 4) is 5.82 Å². The van der Waals surface area contributed by atoms with Gasteiger partial charge in [-0.05, 0) is 35.9 Å². The van der Waals surface area contributed by atoms with Gasteiger partial charge in [0.1, 0.15) is 12.1 Å². The van der Waals surface area contributed by atoms with E-state index in [1.54, 1.807) is 12.5 Å².